The Kier molecular flexibility index (Phi) is 6.80. The fourth-order valence-electron chi connectivity index (χ4n) is 4.17. The molecule has 0 saturated carbocycles. The maximum atomic E-state index is 13.7. The average Bonchev–Trinajstić information content (AvgIpc) is 3.28. The number of aryl methyl sites for hydroxylation is 1. The van der Waals surface area contributed by atoms with E-state index in [4.69, 9.17) is 21.7 Å². The van der Waals surface area contributed by atoms with Crippen LogP contribution in [0.2, 0.25) is 5.02 Å². The molecule has 2 aromatic carbocycles. The quantitative estimate of drug-likeness (QED) is 0.298. The Bertz CT molecular complexity index is 1470. The van der Waals surface area contributed by atoms with Crippen molar-refractivity contribution in [2.75, 3.05) is 10.6 Å². The van der Waals surface area contributed by atoms with Crippen molar-refractivity contribution < 1.29 is 4.79 Å². The number of thioether (sulfide) groups is 1. The fourth-order valence-corrected chi connectivity index (χ4v) is 5.28. The first-order valence-electron chi connectivity index (χ1n) is 11.5. The zero-order valence-electron chi connectivity index (χ0n) is 20.1. The summed E-state index contributed by atoms with van der Waals surface area (Å²) in [7, 11) is 0. The van der Waals surface area contributed by atoms with Gasteiger partial charge in [0.15, 0.2) is 0 Å². The van der Waals surface area contributed by atoms with Crippen molar-refractivity contribution in [1.82, 2.24) is 19.7 Å². The molecule has 3 heterocycles. The number of rotatable bonds is 6. The van der Waals surface area contributed by atoms with Crippen LogP contribution in [-0.2, 0) is 10.5 Å². The van der Waals surface area contributed by atoms with E-state index in [1.165, 1.54) is 11.8 Å². The Labute approximate surface area is 219 Å². The molecule has 1 amide bonds. The summed E-state index contributed by atoms with van der Waals surface area (Å²) in [4.78, 5) is 22.7. The highest BCUT2D eigenvalue weighted by atomic mass is 35.5. The number of amides is 1. The molecule has 0 bridgehead atoms. The summed E-state index contributed by atoms with van der Waals surface area (Å²) in [5.41, 5.74) is 6.06. The zero-order chi connectivity index (χ0) is 25.2. The Balaban J connectivity index is 1.49. The topological polar surface area (TPSA) is 84.7 Å². The standard InChI is InChI=1S/C27H25ClN6OS/c1-16-8-6-12-22(17(16)2)31-25(35)23-18(3)30-26-32-27(36-15-20-9-4-5-11-21(20)28)33-34(26)24(23)19-10-7-13-29-14-19/h4-14,24H,15H2,1-3H3,(H,31,35)(H,30,32,33). The van der Waals surface area contributed by atoms with Crippen LogP contribution in [0.4, 0.5) is 11.6 Å². The SMILES string of the molecule is CC1=C(C(=O)Nc2cccc(C)c2C)C(c2cccnc2)n2nc(SCc3ccccc3Cl)nc2N1. The minimum atomic E-state index is -0.484. The number of pyridine rings is 1. The van der Waals surface area contributed by atoms with Gasteiger partial charge in [-0.25, -0.2) is 4.68 Å². The maximum Gasteiger partial charge on any atom is 0.255 e. The molecule has 0 fully saturated rings. The highest BCUT2D eigenvalue weighted by Crippen LogP contribution is 2.37. The molecule has 0 aliphatic carbocycles. The molecule has 1 aliphatic heterocycles. The van der Waals surface area contributed by atoms with Crippen molar-refractivity contribution in [2.24, 2.45) is 0 Å². The molecule has 7 nitrogen and oxygen atoms in total. The van der Waals surface area contributed by atoms with E-state index in [0.29, 0.717) is 33.2 Å². The van der Waals surface area contributed by atoms with Crippen LogP contribution < -0.4 is 10.6 Å². The summed E-state index contributed by atoms with van der Waals surface area (Å²) in [6.07, 6.45) is 3.47. The van der Waals surface area contributed by atoms with Crippen molar-refractivity contribution in [1.29, 1.82) is 0 Å². The lowest BCUT2D eigenvalue weighted by Gasteiger charge is -2.28. The second kappa shape index (κ2) is 10.2. The summed E-state index contributed by atoms with van der Waals surface area (Å²) in [5, 5.41) is 12.5. The molecule has 1 atom stereocenters. The summed E-state index contributed by atoms with van der Waals surface area (Å²) in [6, 6.07) is 16.9. The highest BCUT2D eigenvalue weighted by molar-refractivity contribution is 7.98. The van der Waals surface area contributed by atoms with Crippen molar-refractivity contribution in [3.63, 3.8) is 0 Å². The van der Waals surface area contributed by atoms with Crippen molar-refractivity contribution in [2.45, 2.75) is 37.7 Å². The second-order valence-electron chi connectivity index (χ2n) is 8.60. The van der Waals surface area contributed by atoms with Crippen LogP contribution in [0.15, 0.2) is 83.4 Å². The molecule has 5 rings (SSSR count). The predicted molar refractivity (Wildman–Crippen MR) is 144 cm³/mol. The van der Waals surface area contributed by atoms with Gasteiger partial charge in [0.05, 0.1) is 5.57 Å². The molecular weight excluding hydrogens is 492 g/mol. The van der Waals surface area contributed by atoms with Crippen molar-refractivity contribution in [3.8, 4) is 0 Å². The first-order chi connectivity index (χ1) is 17.4. The lowest BCUT2D eigenvalue weighted by atomic mass is 9.96. The van der Waals surface area contributed by atoms with E-state index in [-0.39, 0.29) is 5.91 Å². The van der Waals surface area contributed by atoms with Crippen LogP contribution >= 0.6 is 23.4 Å². The summed E-state index contributed by atoms with van der Waals surface area (Å²) in [5.74, 6) is 1.01. The van der Waals surface area contributed by atoms with Gasteiger partial charge in [0.25, 0.3) is 5.91 Å². The molecule has 0 spiro atoms. The Morgan fingerprint density at radius 1 is 1.11 bits per heavy atom. The number of carbonyl (C=O) groups excluding carboxylic acids is 1. The number of nitrogens with zero attached hydrogens (tertiary/aromatic N) is 4. The van der Waals surface area contributed by atoms with Gasteiger partial charge in [-0.1, -0.05) is 59.8 Å². The monoisotopic (exact) mass is 516 g/mol. The van der Waals surface area contributed by atoms with Gasteiger partial charge >= 0.3 is 0 Å². The first kappa shape index (κ1) is 24.1. The second-order valence-corrected chi connectivity index (χ2v) is 9.95. The van der Waals surface area contributed by atoms with Crippen LogP contribution in [-0.4, -0.2) is 25.7 Å². The van der Waals surface area contributed by atoms with Gasteiger partial charge in [-0.15, -0.1) is 5.10 Å². The fraction of sp³-hybridized carbons (Fsp3) is 0.185. The van der Waals surface area contributed by atoms with E-state index in [2.05, 4.69) is 15.6 Å². The van der Waals surface area contributed by atoms with Gasteiger partial charge in [-0.2, -0.15) is 4.98 Å². The maximum absolute atomic E-state index is 13.7. The Morgan fingerprint density at radius 3 is 2.72 bits per heavy atom. The number of fused-ring (bicyclic) bond motifs is 1. The van der Waals surface area contributed by atoms with Gasteiger partial charge in [0.2, 0.25) is 11.1 Å². The molecule has 4 aromatic rings. The third kappa shape index (κ3) is 4.74. The summed E-state index contributed by atoms with van der Waals surface area (Å²) < 4.78 is 1.76. The molecular formula is C27H25ClN6OS. The summed E-state index contributed by atoms with van der Waals surface area (Å²) >= 11 is 7.82. The summed E-state index contributed by atoms with van der Waals surface area (Å²) in [6.45, 7) is 5.91. The average molecular weight is 517 g/mol. The number of hydrogen-bond acceptors (Lipinski definition) is 6. The minimum Gasteiger partial charge on any atom is -0.328 e. The Hall–Kier alpha value is -3.62. The number of anilines is 2. The molecule has 1 unspecified atom stereocenters. The van der Waals surface area contributed by atoms with E-state index in [1.54, 1.807) is 17.1 Å². The number of hydrogen-bond donors (Lipinski definition) is 2. The molecule has 2 N–H and O–H groups in total. The molecule has 0 saturated heterocycles. The molecule has 0 radical (unpaired) electrons. The number of aromatic nitrogens is 4. The predicted octanol–water partition coefficient (Wildman–Crippen LogP) is 6.16. The van der Waals surface area contributed by atoms with Crippen LogP contribution in [0.1, 0.15) is 35.2 Å². The van der Waals surface area contributed by atoms with Gasteiger partial charge < -0.3 is 10.6 Å². The van der Waals surface area contributed by atoms with Gasteiger partial charge in [-0.3, -0.25) is 9.78 Å². The first-order valence-corrected chi connectivity index (χ1v) is 12.9. The molecule has 182 valence electrons. The largest absolute Gasteiger partial charge is 0.328 e. The van der Waals surface area contributed by atoms with Crippen LogP contribution in [0.25, 0.3) is 0 Å². The van der Waals surface area contributed by atoms with Gasteiger partial charge in [-0.05, 0) is 61.2 Å². The number of allylic oxidation sites excluding steroid dienone is 1. The highest BCUT2D eigenvalue weighted by Gasteiger charge is 2.34. The van der Waals surface area contributed by atoms with E-state index < -0.39 is 6.04 Å². The van der Waals surface area contributed by atoms with E-state index in [9.17, 15) is 4.79 Å². The Morgan fingerprint density at radius 2 is 1.94 bits per heavy atom. The third-order valence-corrected chi connectivity index (χ3v) is 7.50. The van der Waals surface area contributed by atoms with Gasteiger partial charge in [0.1, 0.15) is 6.04 Å². The molecule has 9 heteroatoms. The minimum absolute atomic E-state index is 0.200. The number of benzene rings is 2. The van der Waals surface area contributed by atoms with E-state index in [0.717, 1.165) is 27.9 Å². The van der Waals surface area contributed by atoms with Crippen LogP contribution in [0, 0.1) is 13.8 Å². The zero-order valence-corrected chi connectivity index (χ0v) is 21.7. The lowest BCUT2D eigenvalue weighted by molar-refractivity contribution is -0.113. The van der Waals surface area contributed by atoms with Crippen LogP contribution in [0.3, 0.4) is 0 Å². The van der Waals surface area contributed by atoms with Crippen molar-refractivity contribution >= 4 is 40.9 Å². The van der Waals surface area contributed by atoms with Crippen LogP contribution in [0.5, 0.6) is 0 Å². The number of carbonyl (C=O) groups is 1. The van der Waals surface area contributed by atoms with Crippen molar-refractivity contribution in [3.05, 3.63) is 106 Å². The number of halogens is 1. The molecule has 36 heavy (non-hydrogen) atoms. The normalized spacial score (nSPS) is 14.8. The smallest absolute Gasteiger partial charge is 0.255 e. The molecule has 2 aromatic heterocycles. The number of nitrogens with one attached hydrogen (secondary N) is 2. The third-order valence-electron chi connectivity index (χ3n) is 6.25. The van der Waals surface area contributed by atoms with Gasteiger partial charge in [0, 0.05) is 34.6 Å². The van der Waals surface area contributed by atoms with E-state index >= 15 is 0 Å². The van der Waals surface area contributed by atoms with E-state index in [1.807, 2.05) is 75.4 Å². The lowest BCUT2D eigenvalue weighted by Crippen LogP contribution is -2.31. The molecule has 1 aliphatic rings.